The molecule has 20 heavy (non-hydrogen) atoms. The van der Waals surface area contributed by atoms with Gasteiger partial charge in [-0.25, -0.2) is 4.98 Å². The molecule has 0 N–H and O–H groups in total. The first-order valence-electron chi connectivity index (χ1n) is 7.39. The van der Waals surface area contributed by atoms with Crippen LogP contribution in [-0.2, 0) is 11.3 Å². The van der Waals surface area contributed by atoms with Gasteiger partial charge in [0, 0.05) is 59.1 Å². The molecule has 3 heterocycles. The molecule has 1 aromatic heterocycles. The van der Waals surface area contributed by atoms with Crippen LogP contribution in [0, 0.1) is 0 Å². The minimum Gasteiger partial charge on any atom is -0.379 e. The third-order valence-electron chi connectivity index (χ3n) is 4.17. The number of nitrogens with zero attached hydrogens (tertiary/aromatic N) is 4. The molecule has 0 aliphatic carbocycles. The summed E-state index contributed by atoms with van der Waals surface area (Å²) in [7, 11) is 4.04. The van der Waals surface area contributed by atoms with E-state index in [0.29, 0.717) is 0 Å². The highest BCUT2D eigenvalue weighted by molar-refractivity contribution is 5.37. The molecular formula is C15H24N4O. The molecule has 3 rings (SSSR count). The molecular weight excluding hydrogens is 252 g/mol. The number of pyridine rings is 1. The summed E-state index contributed by atoms with van der Waals surface area (Å²) in [5.41, 5.74) is 1.30. The highest BCUT2D eigenvalue weighted by atomic mass is 16.5. The Morgan fingerprint density at radius 1 is 1.25 bits per heavy atom. The summed E-state index contributed by atoms with van der Waals surface area (Å²) in [6.45, 7) is 7.35. The molecule has 2 aliphatic rings. The van der Waals surface area contributed by atoms with Crippen molar-refractivity contribution in [2.24, 2.45) is 0 Å². The second-order valence-corrected chi connectivity index (χ2v) is 5.92. The third-order valence-corrected chi connectivity index (χ3v) is 4.17. The van der Waals surface area contributed by atoms with Crippen LogP contribution in [0.3, 0.4) is 0 Å². The molecule has 0 spiro atoms. The Bertz CT molecular complexity index is 422. The van der Waals surface area contributed by atoms with Gasteiger partial charge in [-0.05, 0) is 11.6 Å². The third kappa shape index (κ3) is 3.11. The summed E-state index contributed by atoms with van der Waals surface area (Å²) in [6.07, 6.45) is 2.00. The molecule has 0 aromatic carbocycles. The molecule has 0 unspecified atom stereocenters. The van der Waals surface area contributed by atoms with Crippen molar-refractivity contribution >= 4 is 5.82 Å². The monoisotopic (exact) mass is 276 g/mol. The maximum atomic E-state index is 5.40. The lowest BCUT2D eigenvalue weighted by molar-refractivity contribution is -0.0344. The highest BCUT2D eigenvalue weighted by Crippen LogP contribution is 2.19. The molecule has 5 heteroatoms. The van der Waals surface area contributed by atoms with Crippen molar-refractivity contribution in [3.63, 3.8) is 0 Å². The Morgan fingerprint density at radius 3 is 2.60 bits per heavy atom. The van der Waals surface area contributed by atoms with E-state index < -0.39 is 0 Å². The maximum Gasteiger partial charge on any atom is 0.127 e. The van der Waals surface area contributed by atoms with Crippen LogP contribution in [0.25, 0.3) is 0 Å². The minimum atomic E-state index is 0.730. The summed E-state index contributed by atoms with van der Waals surface area (Å²) in [5, 5.41) is 0. The van der Waals surface area contributed by atoms with Crippen LogP contribution in [0.5, 0.6) is 0 Å². The Labute approximate surface area is 121 Å². The van der Waals surface area contributed by atoms with Gasteiger partial charge >= 0.3 is 0 Å². The molecule has 0 bridgehead atoms. The number of aromatic nitrogens is 1. The smallest absolute Gasteiger partial charge is 0.127 e. The maximum absolute atomic E-state index is 5.40. The quantitative estimate of drug-likeness (QED) is 0.807. The van der Waals surface area contributed by atoms with Crippen LogP contribution in [-0.4, -0.2) is 74.3 Å². The van der Waals surface area contributed by atoms with E-state index in [1.807, 2.05) is 25.2 Å². The normalized spacial score (nSPS) is 21.7. The fourth-order valence-corrected chi connectivity index (χ4v) is 2.88. The zero-order valence-electron chi connectivity index (χ0n) is 12.5. The Morgan fingerprint density at radius 2 is 2.00 bits per heavy atom. The molecule has 0 amide bonds. The number of ether oxygens (including phenoxy) is 1. The van der Waals surface area contributed by atoms with Crippen LogP contribution in [0.4, 0.5) is 5.82 Å². The number of likely N-dealkylation sites (tertiary alicyclic amines) is 1. The number of hydrogen-bond donors (Lipinski definition) is 0. The second kappa shape index (κ2) is 6.08. The van der Waals surface area contributed by atoms with Crippen molar-refractivity contribution in [2.75, 3.05) is 58.4 Å². The molecule has 2 fully saturated rings. The summed E-state index contributed by atoms with van der Waals surface area (Å²) in [6, 6.07) is 5.01. The van der Waals surface area contributed by atoms with Crippen molar-refractivity contribution in [3.05, 3.63) is 23.9 Å². The molecule has 0 atom stereocenters. The van der Waals surface area contributed by atoms with Crippen molar-refractivity contribution in [1.29, 1.82) is 0 Å². The largest absolute Gasteiger partial charge is 0.379 e. The summed E-state index contributed by atoms with van der Waals surface area (Å²) < 4.78 is 5.40. The van der Waals surface area contributed by atoms with Crippen molar-refractivity contribution < 1.29 is 4.74 Å². The van der Waals surface area contributed by atoms with Crippen LogP contribution < -0.4 is 4.90 Å². The summed E-state index contributed by atoms with van der Waals surface area (Å²) >= 11 is 0. The van der Waals surface area contributed by atoms with E-state index in [1.165, 1.54) is 18.7 Å². The Balaban J connectivity index is 1.46. The van der Waals surface area contributed by atoms with Gasteiger partial charge in [-0.3, -0.25) is 9.80 Å². The number of rotatable bonds is 4. The van der Waals surface area contributed by atoms with E-state index in [4.69, 9.17) is 4.74 Å². The summed E-state index contributed by atoms with van der Waals surface area (Å²) in [5.74, 6) is 1.02. The van der Waals surface area contributed by atoms with Gasteiger partial charge in [0.2, 0.25) is 0 Å². The first-order chi connectivity index (χ1) is 9.72. The second-order valence-electron chi connectivity index (χ2n) is 5.92. The van der Waals surface area contributed by atoms with Crippen molar-refractivity contribution in [3.8, 4) is 0 Å². The molecule has 2 saturated heterocycles. The molecule has 1 aromatic rings. The molecule has 110 valence electrons. The lowest BCUT2D eigenvalue weighted by Crippen LogP contribution is -2.60. The van der Waals surface area contributed by atoms with E-state index in [0.717, 1.165) is 44.7 Å². The number of hydrogen-bond acceptors (Lipinski definition) is 5. The van der Waals surface area contributed by atoms with Gasteiger partial charge in [0.1, 0.15) is 5.82 Å². The predicted octanol–water partition coefficient (Wildman–Crippen LogP) is 0.664. The molecule has 5 nitrogen and oxygen atoms in total. The fraction of sp³-hybridized carbons (Fsp3) is 0.667. The van der Waals surface area contributed by atoms with Crippen molar-refractivity contribution in [2.45, 2.75) is 12.6 Å². The molecule has 0 saturated carbocycles. The lowest BCUT2D eigenvalue weighted by Gasteiger charge is -2.46. The van der Waals surface area contributed by atoms with E-state index in [9.17, 15) is 0 Å². The zero-order chi connectivity index (χ0) is 13.9. The van der Waals surface area contributed by atoms with E-state index in [2.05, 4.69) is 26.9 Å². The van der Waals surface area contributed by atoms with E-state index >= 15 is 0 Å². The van der Waals surface area contributed by atoms with Crippen LogP contribution in [0.2, 0.25) is 0 Å². The fourth-order valence-electron chi connectivity index (χ4n) is 2.88. The standard InChI is InChI=1S/C15H24N4O/c1-17(2)15-4-3-13(9-16-15)10-18-11-14(12-18)19-5-7-20-8-6-19/h3-4,9,14H,5-8,10-12H2,1-2H3. The Kier molecular flexibility index (Phi) is 4.19. The van der Waals surface area contributed by atoms with Gasteiger partial charge < -0.3 is 9.64 Å². The minimum absolute atomic E-state index is 0.730. The van der Waals surface area contributed by atoms with Gasteiger partial charge in [0.05, 0.1) is 13.2 Å². The van der Waals surface area contributed by atoms with Gasteiger partial charge in [-0.15, -0.1) is 0 Å². The average molecular weight is 276 g/mol. The highest BCUT2D eigenvalue weighted by Gasteiger charge is 2.32. The van der Waals surface area contributed by atoms with Crippen LogP contribution in [0.1, 0.15) is 5.56 Å². The topological polar surface area (TPSA) is 31.8 Å². The summed E-state index contributed by atoms with van der Waals surface area (Å²) in [4.78, 5) is 11.6. The lowest BCUT2D eigenvalue weighted by atomic mass is 10.1. The SMILES string of the molecule is CN(C)c1ccc(CN2CC(N3CCOCC3)C2)cn1. The molecule has 2 aliphatic heterocycles. The first kappa shape index (κ1) is 13.8. The van der Waals surface area contributed by atoms with Gasteiger partial charge in [0.25, 0.3) is 0 Å². The van der Waals surface area contributed by atoms with Gasteiger partial charge in [-0.1, -0.05) is 6.07 Å². The van der Waals surface area contributed by atoms with Crippen LogP contribution in [0.15, 0.2) is 18.3 Å². The average Bonchev–Trinajstić information content (AvgIpc) is 2.44. The van der Waals surface area contributed by atoms with Crippen LogP contribution >= 0.6 is 0 Å². The van der Waals surface area contributed by atoms with Gasteiger partial charge in [0.15, 0.2) is 0 Å². The number of anilines is 1. The molecule has 0 radical (unpaired) electrons. The predicted molar refractivity (Wildman–Crippen MR) is 80.0 cm³/mol. The van der Waals surface area contributed by atoms with E-state index in [1.54, 1.807) is 0 Å². The zero-order valence-corrected chi connectivity index (χ0v) is 12.5. The van der Waals surface area contributed by atoms with Crippen molar-refractivity contribution in [1.82, 2.24) is 14.8 Å². The number of morpholine rings is 1. The first-order valence-corrected chi connectivity index (χ1v) is 7.39. The van der Waals surface area contributed by atoms with E-state index in [-0.39, 0.29) is 0 Å². The Hall–Kier alpha value is -1.17. The van der Waals surface area contributed by atoms with Gasteiger partial charge in [-0.2, -0.15) is 0 Å².